The molecule has 1 saturated carbocycles. The Kier molecular flexibility index (Phi) is 6.68. The fraction of sp³-hybridized carbons (Fsp3) is 0.476. The summed E-state index contributed by atoms with van der Waals surface area (Å²) in [6.07, 6.45) is 6.06. The van der Waals surface area contributed by atoms with Gasteiger partial charge in [-0.15, -0.1) is 0 Å². The lowest BCUT2D eigenvalue weighted by Crippen LogP contribution is -2.36. The van der Waals surface area contributed by atoms with Gasteiger partial charge in [0.25, 0.3) is 0 Å². The number of carbonyl (C=O) groups is 1. The number of aryl methyl sites for hydroxylation is 1. The van der Waals surface area contributed by atoms with Crippen LogP contribution in [0.2, 0.25) is 0 Å². The molecule has 0 bridgehead atoms. The number of hydrogen-bond donors (Lipinski definition) is 3. The normalized spacial score (nSPS) is 19.0. The Morgan fingerprint density at radius 3 is 2.50 bits per heavy atom. The van der Waals surface area contributed by atoms with E-state index in [0.717, 1.165) is 37.2 Å². The van der Waals surface area contributed by atoms with E-state index in [1.54, 1.807) is 6.20 Å². The molecule has 7 heteroatoms. The number of benzene rings is 1. The number of aromatic nitrogens is 2. The van der Waals surface area contributed by atoms with Gasteiger partial charge in [0.15, 0.2) is 0 Å². The molecule has 28 heavy (non-hydrogen) atoms. The van der Waals surface area contributed by atoms with Crippen molar-refractivity contribution in [1.29, 1.82) is 0 Å². The van der Waals surface area contributed by atoms with Crippen molar-refractivity contribution in [3.8, 4) is 0 Å². The predicted octanol–water partition coefficient (Wildman–Crippen LogP) is 3.64. The molecule has 0 saturated heterocycles. The molecular weight excluding hydrogens is 352 g/mol. The summed E-state index contributed by atoms with van der Waals surface area (Å²) in [7, 11) is 3.94. The van der Waals surface area contributed by atoms with Crippen molar-refractivity contribution in [2.24, 2.45) is 5.92 Å². The van der Waals surface area contributed by atoms with Gasteiger partial charge in [-0.05, 0) is 56.7 Å². The number of nitrogens with one attached hydrogen (secondary N) is 3. The van der Waals surface area contributed by atoms with Crippen molar-refractivity contribution in [3.63, 3.8) is 0 Å². The summed E-state index contributed by atoms with van der Waals surface area (Å²) in [5.74, 6) is 2.09. The highest BCUT2D eigenvalue weighted by atomic mass is 16.2. The maximum atomic E-state index is 12.1. The first kappa shape index (κ1) is 19.9. The number of amides is 2. The van der Waals surface area contributed by atoms with Gasteiger partial charge in [0, 0.05) is 38.6 Å². The zero-order valence-electron chi connectivity index (χ0n) is 16.9. The van der Waals surface area contributed by atoms with Crippen molar-refractivity contribution in [3.05, 3.63) is 42.1 Å². The Morgan fingerprint density at radius 2 is 1.82 bits per heavy atom. The number of rotatable bonds is 6. The monoisotopic (exact) mass is 382 g/mol. The molecule has 0 atom stereocenters. The second-order valence-corrected chi connectivity index (χ2v) is 7.70. The molecule has 1 fully saturated rings. The van der Waals surface area contributed by atoms with Gasteiger partial charge in [-0.2, -0.15) is 4.98 Å². The van der Waals surface area contributed by atoms with Crippen molar-refractivity contribution >= 4 is 23.5 Å². The van der Waals surface area contributed by atoms with E-state index in [9.17, 15) is 4.79 Å². The van der Waals surface area contributed by atoms with E-state index in [4.69, 9.17) is 0 Å². The second kappa shape index (κ2) is 9.39. The van der Waals surface area contributed by atoms with Crippen LogP contribution in [-0.4, -0.2) is 42.7 Å². The minimum atomic E-state index is -0.141. The maximum Gasteiger partial charge on any atom is 0.319 e. The van der Waals surface area contributed by atoms with Crippen LogP contribution in [0.25, 0.3) is 0 Å². The minimum Gasteiger partial charge on any atom is -0.363 e. The first-order valence-corrected chi connectivity index (χ1v) is 9.88. The molecule has 1 aromatic heterocycles. The summed E-state index contributed by atoms with van der Waals surface area (Å²) in [5.41, 5.74) is 1.99. The molecule has 0 radical (unpaired) electrons. The number of anilines is 3. The summed E-state index contributed by atoms with van der Waals surface area (Å²) >= 11 is 0. The minimum absolute atomic E-state index is 0.141. The summed E-state index contributed by atoms with van der Waals surface area (Å²) in [4.78, 5) is 22.9. The first-order valence-electron chi connectivity index (χ1n) is 9.88. The lowest BCUT2D eigenvalue weighted by molar-refractivity contribution is 0.246. The van der Waals surface area contributed by atoms with E-state index in [-0.39, 0.29) is 6.03 Å². The maximum absolute atomic E-state index is 12.1. The SMILES string of the molecule is Cc1ccc(NC(=O)NCC2CCC(Nc3nccc(N(C)C)n3)CC2)cc1. The highest BCUT2D eigenvalue weighted by Crippen LogP contribution is 2.25. The second-order valence-electron chi connectivity index (χ2n) is 7.70. The van der Waals surface area contributed by atoms with Gasteiger partial charge in [0.05, 0.1) is 0 Å². The molecule has 1 heterocycles. The van der Waals surface area contributed by atoms with Gasteiger partial charge >= 0.3 is 6.03 Å². The summed E-state index contributed by atoms with van der Waals surface area (Å²) < 4.78 is 0. The quantitative estimate of drug-likeness (QED) is 0.710. The Morgan fingerprint density at radius 1 is 1.11 bits per heavy atom. The Labute approximate surface area is 167 Å². The fourth-order valence-electron chi connectivity index (χ4n) is 3.41. The number of urea groups is 1. The lowest BCUT2D eigenvalue weighted by atomic mass is 9.86. The predicted molar refractivity (Wildman–Crippen MR) is 114 cm³/mol. The van der Waals surface area contributed by atoms with Gasteiger partial charge in [-0.1, -0.05) is 17.7 Å². The highest BCUT2D eigenvalue weighted by Gasteiger charge is 2.22. The molecule has 1 aliphatic rings. The average Bonchev–Trinajstić information content (AvgIpc) is 2.69. The van der Waals surface area contributed by atoms with Crippen LogP contribution in [0.3, 0.4) is 0 Å². The van der Waals surface area contributed by atoms with Gasteiger partial charge in [-0.3, -0.25) is 0 Å². The number of carbonyl (C=O) groups excluding carboxylic acids is 1. The van der Waals surface area contributed by atoms with Crippen molar-refractivity contribution in [1.82, 2.24) is 15.3 Å². The zero-order valence-corrected chi connectivity index (χ0v) is 16.9. The van der Waals surface area contributed by atoms with Crippen LogP contribution in [0.4, 0.5) is 22.2 Å². The summed E-state index contributed by atoms with van der Waals surface area (Å²) in [5, 5.41) is 9.33. The molecule has 2 amide bonds. The molecule has 3 rings (SSSR count). The third kappa shape index (κ3) is 5.84. The van der Waals surface area contributed by atoms with Crippen LogP contribution in [0.15, 0.2) is 36.5 Å². The van der Waals surface area contributed by atoms with Crippen LogP contribution < -0.4 is 20.9 Å². The third-order valence-electron chi connectivity index (χ3n) is 5.14. The van der Waals surface area contributed by atoms with E-state index in [2.05, 4.69) is 25.9 Å². The third-order valence-corrected chi connectivity index (χ3v) is 5.14. The molecule has 0 unspecified atom stereocenters. The molecule has 0 spiro atoms. The van der Waals surface area contributed by atoms with E-state index in [1.165, 1.54) is 5.56 Å². The van der Waals surface area contributed by atoms with Gasteiger partial charge in [-0.25, -0.2) is 9.78 Å². The standard InChI is InChI=1S/C21H30N6O/c1-15-4-8-18(9-5-15)25-21(28)23-14-16-6-10-17(11-7-16)24-20-22-13-12-19(26-20)27(2)3/h4-5,8-9,12-13,16-17H,6-7,10-11,14H2,1-3H3,(H,22,24,26)(H2,23,25,28). The Hall–Kier alpha value is -2.83. The summed E-state index contributed by atoms with van der Waals surface area (Å²) in [6.45, 7) is 2.73. The van der Waals surface area contributed by atoms with Gasteiger partial charge < -0.3 is 20.9 Å². The molecule has 150 valence electrons. The van der Waals surface area contributed by atoms with Gasteiger partial charge in [0.1, 0.15) is 5.82 Å². The lowest BCUT2D eigenvalue weighted by Gasteiger charge is -2.29. The zero-order chi connectivity index (χ0) is 19.9. The van der Waals surface area contributed by atoms with Crippen LogP contribution in [-0.2, 0) is 0 Å². The summed E-state index contributed by atoms with van der Waals surface area (Å²) in [6, 6.07) is 9.95. The molecule has 1 aliphatic carbocycles. The Balaban J connectivity index is 1.38. The van der Waals surface area contributed by atoms with Crippen molar-refractivity contribution in [2.45, 2.75) is 38.6 Å². The molecule has 1 aromatic carbocycles. The van der Waals surface area contributed by atoms with Crippen LogP contribution >= 0.6 is 0 Å². The smallest absolute Gasteiger partial charge is 0.319 e. The number of nitrogens with zero attached hydrogens (tertiary/aromatic N) is 3. The van der Waals surface area contributed by atoms with Crippen LogP contribution in [0.5, 0.6) is 0 Å². The number of hydrogen-bond acceptors (Lipinski definition) is 5. The Bertz CT molecular complexity index is 769. The molecule has 3 N–H and O–H groups in total. The van der Waals surface area contributed by atoms with Crippen molar-refractivity contribution in [2.75, 3.05) is 36.2 Å². The molecular formula is C21H30N6O. The fourth-order valence-corrected chi connectivity index (χ4v) is 3.41. The molecule has 2 aromatic rings. The van der Waals surface area contributed by atoms with E-state index in [1.807, 2.05) is 56.3 Å². The highest BCUT2D eigenvalue weighted by molar-refractivity contribution is 5.89. The topological polar surface area (TPSA) is 82.2 Å². The van der Waals surface area contributed by atoms with E-state index in [0.29, 0.717) is 24.5 Å². The van der Waals surface area contributed by atoms with E-state index >= 15 is 0 Å². The largest absolute Gasteiger partial charge is 0.363 e. The molecule has 0 aliphatic heterocycles. The van der Waals surface area contributed by atoms with Crippen LogP contribution in [0.1, 0.15) is 31.2 Å². The van der Waals surface area contributed by atoms with Gasteiger partial charge in [0.2, 0.25) is 5.95 Å². The first-order chi connectivity index (χ1) is 13.5. The van der Waals surface area contributed by atoms with E-state index < -0.39 is 0 Å². The average molecular weight is 383 g/mol. The van der Waals surface area contributed by atoms with Crippen LogP contribution in [0, 0.1) is 12.8 Å². The molecule has 7 nitrogen and oxygen atoms in total. The van der Waals surface area contributed by atoms with Crippen molar-refractivity contribution < 1.29 is 4.79 Å².